The van der Waals surface area contributed by atoms with Gasteiger partial charge in [0, 0.05) is 38.8 Å². The maximum Gasteiger partial charge on any atom is 0.310 e. The van der Waals surface area contributed by atoms with Crippen LogP contribution in [0, 0.1) is 21.4 Å². The van der Waals surface area contributed by atoms with Crippen LogP contribution in [0.15, 0.2) is 18.2 Å². The van der Waals surface area contributed by atoms with Gasteiger partial charge in [0.25, 0.3) is 0 Å². The molecule has 7 heteroatoms. The van der Waals surface area contributed by atoms with E-state index in [0.717, 1.165) is 39.3 Å². The highest BCUT2D eigenvalue weighted by Gasteiger charge is 2.29. The first-order valence-corrected chi connectivity index (χ1v) is 7.58. The van der Waals surface area contributed by atoms with Crippen LogP contribution in [0.4, 0.5) is 11.4 Å². The van der Waals surface area contributed by atoms with Gasteiger partial charge in [0.1, 0.15) is 17.3 Å². The predicted molar refractivity (Wildman–Crippen MR) is 82.9 cm³/mol. The Hall–Kier alpha value is -2.17. The van der Waals surface area contributed by atoms with Crippen molar-refractivity contribution in [2.45, 2.75) is 12.5 Å². The number of piperazine rings is 1. The number of nitro groups is 1. The number of hydrogen-bond acceptors (Lipinski definition) is 6. The van der Waals surface area contributed by atoms with Crippen LogP contribution in [0.2, 0.25) is 0 Å². The summed E-state index contributed by atoms with van der Waals surface area (Å²) >= 11 is 0. The van der Waals surface area contributed by atoms with Crippen LogP contribution in [0.5, 0.6) is 0 Å². The van der Waals surface area contributed by atoms with E-state index in [1.807, 2.05) is 11.0 Å². The lowest BCUT2D eigenvalue weighted by molar-refractivity contribution is -0.384. The SMILES string of the molecule is N#Cc1cccc(N2CCN(C3CCNC3)CC2)c1[N+](=O)[O-]. The number of hydrogen-bond donors (Lipinski definition) is 1. The number of nitro benzene ring substituents is 1. The van der Waals surface area contributed by atoms with Crippen LogP contribution in [-0.4, -0.2) is 55.1 Å². The lowest BCUT2D eigenvalue weighted by Crippen LogP contribution is -2.51. The smallest absolute Gasteiger partial charge is 0.310 e. The van der Waals surface area contributed by atoms with Gasteiger partial charge in [0.05, 0.1) is 4.92 Å². The molecule has 1 N–H and O–H groups in total. The van der Waals surface area contributed by atoms with Crippen molar-refractivity contribution in [3.05, 3.63) is 33.9 Å². The van der Waals surface area contributed by atoms with Crippen LogP contribution in [0.1, 0.15) is 12.0 Å². The van der Waals surface area contributed by atoms with E-state index in [9.17, 15) is 10.1 Å². The minimum Gasteiger partial charge on any atom is -0.363 e. The van der Waals surface area contributed by atoms with Crippen molar-refractivity contribution in [1.82, 2.24) is 10.2 Å². The van der Waals surface area contributed by atoms with Gasteiger partial charge in [-0.3, -0.25) is 15.0 Å². The molecular formula is C15H19N5O2. The third-order valence-corrected chi connectivity index (χ3v) is 4.52. The monoisotopic (exact) mass is 301 g/mol. The summed E-state index contributed by atoms with van der Waals surface area (Å²) in [7, 11) is 0. The molecule has 7 nitrogen and oxygen atoms in total. The molecule has 3 rings (SSSR count). The largest absolute Gasteiger partial charge is 0.363 e. The maximum atomic E-state index is 11.3. The van der Waals surface area contributed by atoms with Crippen LogP contribution in [0.3, 0.4) is 0 Å². The third kappa shape index (κ3) is 2.75. The van der Waals surface area contributed by atoms with E-state index in [-0.39, 0.29) is 11.3 Å². The highest BCUT2D eigenvalue weighted by molar-refractivity contribution is 5.70. The minimum atomic E-state index is -0.443. The number of nitrogens with zero attached hydrogens (tertiary/aromatic N) is 4. The summed E-state index contributed by atoms with van der Waals surface area (Å²) in [6, 6.07) is 7.47. The molecule has 0 amide bonds. The molecule has 116 valence electrons. The fourth-order valence-corrected chi connectivity index (χ4v) is 3.35. The summed E-state index contributed by atoms with van der Waals surface area (Å²) in [5.74, 6) is 0. The summed E-state index contributed by atoms with van der Waals surface area (Å²) in [5, 5.41) is 23.8. The number of anilines is 1. The normalized spacial score (nSPS) is 22.5. The van der Waals surface area contributed by atoms with E-state index in [1.165, 1.54) is 12.5 Å². The molecule has 1 atom stereocenters. The van der Waals surface area contributed by atoms with Crippen molar-refractivity contribution in [3.63, 3.8) is 0 Å². The fraction of sp³-hybridized carbons (Fsp3) is 0.533. The molecule has 2 fully saturated rings. The van der Waals surface area contributed by atoms with E-state index in [4.69, 9.17) is 5.26 Å². The van der Waals surface area contributed by atoms with E-state index >= 15 is 0 Å². The lowest BCUT2D eigenvalue weighted by atomic mass is 10.1. The zero-order valence-corrected chi connectivity index (χ0v) is 12.4. The van der Waals surface area contributed by atoms with E-state index in [0.29, 0.717) is 11.7 Å². The zero-order valence-electron chi connectivity index (χ0n) is 12.4. The summed E-state index contributed by atoms with van der Waals surface area (Å²) in [4.78, 5) is 15.4. The maximum absolute atomic E-state index is 11.3. The van der Waals surface area contributed by atoms with E-state index in [2.05, 4.69) is 10.2 Å². The molecule has 1 aromatic rings. The van der Waals surface area contributed by atoms with Gasteiger partial charge in [0.15, 0.2) is 0 Å². The molecule has 2 aliphatic rings. The molecule has 2 saturated heterocycles. The van der Waals surface area contributed by atoms with Gasteiger partial charge < -0.3 is 10.2 Å². The van der Waals surface area contributed by atoms with Gasteiger partial charge in [-0.1, -0.05) is 6.07 Å². The number of nitrogens with one attached hydrogen (secondary N) is 1. The second-order valence-electron chi connectivity index (χ2n) is 5.71. The number of rotatable bonds is 3. The van der Waals surface area contributed by atoms with Crippen LogP contribution < -0.4 is 10.2 Å². The molecule has 2 aliphatic heterocycles. The van der Waals surface area contributed by atoms with Gasteiger partial charge in [-0.2, -0.15) is 5.26 Å². The van der Waals surface area contributed by atoms with Crippen LogP contribution in [-0.2, 0) is 0 Å². The molecule has 0 aliphatic carbocycles. The number of para-hydroxylation sites is 1. The molecule has 1 unspecified atom stereocenters. The highest BCUT2D eigenvalue weighted by atomic mass is 16.6. The number of nitriles is 1. The second kappa shape index (κ2) is 6.30. The summed E-state index contributed by atoms with van der Waals surface area (Å²) in [6.45, 7) is 5.42. The molecule has 0 radical (unpaired) electrons. The Bertz CT molecular complexity index is 598. The Morgan fingerprint density at radius 3 is 2.68 bits per heavy atom. The first-order valence-electron chi connectivity index (χ1n) is 7.58. The first kappa shape index (κ1) is 14.8. The van der Waals surface area contributed by atoms with Gasteiger partial charge in [-0.25, -0.2) is 0 Å². The van der Waals surface area contributed by atoms with Crippen LogP contribution >= 0.6 is 0 Å². The van der Waals surface area contributed by atoms with Crippen molar-refractivity contribution in [2.75, 3.05) is 44.2 Å². The van der Waals surface area contributed by atoms with Crippen molar-refractivity contribution in [2.24, 2.45) is 0 Å². The molecular weight excluding hydrogens is 282 g/mol. The van der Waals surface area contributed by atoms with Gasteiger partial charge >= 0.3 is 5.69 Å². The molecule has 0 aromatic heterocycles. The van der Waals surface area contributed by atoms with Gasteiger partial charge in [-0.05, 0) is 25.1 Å². The van der Waals surface area contributed by atoms with Crippen molar-refractivity contribution >= 4 is 11.4 Å². The summed E-state index contributed by atoms with van der Waals surface area (Å²) in [5.41, 5.74) is 0.624. The topological polar surface area (TPSA) is 85.4 Å². The third-order valence-electron chi connectivity index (χ3n) is 4.52. The Morgan fingerprint density at radius 2 is 2.09 bits per heavy atom. The average Bonchev–Trinajstić information content (AvgIpc) is 3.08. The van der Waals surface area contributed by atoms with E-state index in [1.54, 1.807) is 12.1 Å². The van der Waals surface area contributed by atoms with Crippen molar-refractivity contribution < 1.29 is 4.92 Å². The first-order chi connectivity index (χ1) is 10.7. The molecule has 0 saturated carbocycles. The second-order valence-corrected chi connectivity index (χ2v) is 5.71. The van der Waals surface area contributed by atoms with Gasteiger partial charge in [-0.15, -0.1) is 0 Å². The Labute approximate surface area is 129 Å². The van der Waals surface area contributed by atoms with Crippen LogP contribution in [0.25, 0.3) is 0 Å². The Morgan fingerprint density at radius 1 is 1.32 bits per heavy atom. The predicted octanol–water partition coefficient (Wildman–Crippen LogP) is 0.950. The Kier molecular flexibility index (Phi) is 4.22. The fourth-order valence-electron chi connectivity index (χ4n) is 3.35. The number of benzene rings is 1. The minimum absolute atomic E-state index is 0.0685. The van der Waals surface area contributed by atoms with E-state index < -0.39 is 4.92 Å². The zero-order chi connectivity index (χ0) is 15.5. The van der Waals surface area contributed by atoms with Crippen molar-refractivity contribution in [1.29, 1.82) is 5.26 Å². The molecule has 0 spiro atoms. The summed E-state index contributed by atoms with van der Waals surface area (Å²) < 4.78 is 0. The quantitative estimate of drug-likeness (QED) is 0.661. The van der Waals surface area contributed by atoms with Crippen molar-refractivity contribution in [3.8, 4) is 6.07 Å². The van der Waals surface area contributed by atoms with Gasteiger partial charge in [0.2, 0.25) is 0 Å². The molecule has 0 bridgehead atoms. The average molecular weight is 301 g/mol. The molecule has 2 heterocycles. The Balaban J connectivity index is 1.76. The molecule has 22 heavy (non-hydrogen) atoms. The standard InChI is InChI=1S/C15H19N5O2/c16-10-12-2-1-3-14(15(12)20(21)22)19-8-6-18(7-9-19)13-4-5-17-11-13/h1-3,13,17H,4-9,11H2. The highest BCUT2D eigenvalue weighted by Crippen LogP contribution is 2.32. The summed E-state index contributed by atoms with van der Waals surface area (Å²) in [6.07, 6.45) is 1.17. The molecule has 1 aromatic carbocycles. The lowest BCUT2D eigenvalue weighted by Gasteiger charge is -2.38.